The van der Waals surface area contributed by atoms with Gasteiger partial charge in [-0.1, -0.05) is 28.1 Å². The van der Waals surface area contributed by atoms with Crippen molar-refractivity contribution in [1.82, 2.24) is 10.6 Å². The van der Waals surface area contributed by atoms with Gasteiger partial charge in [0.2, 0.25) is 0 Å². The maximum atomic E-state index is 12.4. The average molecular weight is 385 g/mol. The largest absolute Gasteiger partial charge is 0.460 e. The van der Waals surface area contributed by atoms with Crippen LogP contribution in [0, 0.1) is 0 Å². The number of hydrogen-bond donors (Lipinski definition) is 2. The minimum atomic E-state index is -0.387. The molecule has 1 atom stereocenters. The Balaban J connectivity index is 2.30. The molecule has 0 aromatic heterocycles. The standard InChI is InChI=1S/C15H17BrN2O3S/c1-9-12(14(19)21-7-6-20-2)13(18-15(22)17-9)10-4-3-5-11(16)8-10/h3-5,8,13H,6-7H2,1-2H3,(H2,17,18,22)/t13-/m0/s1. The van der Waals surface area contributed by atoms with Crippen molar-refractivity contribution < 1.29 is 14.3 Å². The number of thiocarbonyl (C=S) groups is 1. The van der Waals surface area contributed by atoms with Crippen molar-refractivity contribution in [3.63, 3.8) is 0 Å². The summed E-state index contributed by atoms with van der Waals surface area (Å²) in [6, 6.07) is 7.38. The van der Waals surface area contributed by atoms with Crippen molar-refractivity contribution in [3.8, 4) is 0 Å². The van der Waals surface area contributed by atoms with Crippen LogP contribution in [0.3, 0.4) is 0 Å². The van der Waals surface area contributed by atoms with Gasteiger partial charge in [-0.25, -0.2) is 4.79 Å². The lowest BCUT2D eigenvalue weighted by molar-refractivity contribution is -0.140. The maximum absolute atomic E-state index is 12.4. The van der Waals surface area contributed by atoms with Crippen LogP contribution >= 0.6 is 28.1 Å². The van der Waals surface area contributed by atoms with Crippen molar-refractivity contribution in [2.24, 2.45) is 0 Å². The van der Waals surface area contributed by atoms with Gasteiger partial charge in [0.1, 0.15) is 6.61 Å². The van der Waals surface area contributed by atoms with Gasteiger partial charge in [0, 0.05) is 17.3 Å². The van der Waals surface area contributed by atoms with E-state index in [0.717, 1.165) is 10.0 Å². The van der Waals surface area contributed by atoms with Gasteiger partial charge in [-0.3, -0.25) is 0 Å². The highest BCUT2D eigenvalue weighted by molar-refractivity contribution is 9.10. The van der Waals surface area contributed by atoms with E-state index in [4.69, 9.17) is 21.7 Å². The van der Waals surface area contributed by atoms with Gasteiger partial charge in [-0.05, 0) is 36.8 Å². The monoisotopic (exact) mass is 384 g/mol. The first-order valence-electron chi connectivity index (χ1n) is 6.72. The molecule has 1 aliphatic heterocycles. The number of benzene rings is 1. The smallest absolute Gasteiger partial charge is 0.338 e. The Kier molecular flexibility index (Phi) is 5.93. The second-order valence-corrected chi connectivity index (χ2v) is 6.08. The number of esters is 1. The number of rotatable bonds is 5. The van der Waals surface area contributed by atoms with Gasteiger partial charge < -0.3 is 20.1 Å². The minimum Gasteiger partial charge on any atom is -0.460 e. The van der Waals surface area contributed by atoms with Gasteiger partial charge >= 0.3 is 5.97 Å². The van der Waals surface area contributed by atoms with Crippen LogP contribution in [0.2, 0.25) is 0 Å². The number of carbonyl (C=O) groups is 1. The summed E-state index contributed by atoms with van der Waals surface area (Å²) in [6.07, 6.45) is 0. The highest BCUT2D eigenvalue weighted by Crippen LogP contribution is 2.29. The SMILES string of the molecule is COCCOC(=O)C1=C(C)NC(=S)N[C@H]1c1cccc(Br)c1. The van der Waals surface area contributed by atoms with Crippen LogP contribution < -0.4 is 10.6 Å². The molecule has 0 bridgehead atoms. The molecule has 0 spiro atoms. The van der Waals surface area contributed by atoms with E-state index < -0.39 is 0 Å². The summed E-state index contributed by atoms with van der Waals surface area (Å²) in [5, 5.41) is 6.57. The summed E-state index contributed by atoms with van der Waals surface area (Å²) in [5.41, 5.74) is 2.13. The Bertz CT molecular complexity index is 619. The summed E-state index contributed by atoms with van der Waals surface area (Å²) >= 11 is 8.64. The van der Waals surface area contributed by atoms with Crippen LogP contribution in [-0.2, 0) is 14.3 Å². The molecule has 0 radical (unpaired) electrons. The molecule has 2 rings (SSSR count). The number of hydrogen-bond acceptors (Lipinski definition) is 4. The van der Waals surface area contributed by atoms with E-state index in [1.54, 1.807) is 7.11 Å². The van der Waals surface area contributed by atoms with E-state index in [2.05, 4.69) is 26.6 Å². The molecule has 1 aliphatic rings. The fraction of sp³-hybridized carbons (Fsp3) is 0.333. The van der Waals surface area contributed by atoms with Gasteiger partial charge in [0.05, 0.1) is 18.2 Å². The zero-order valence-electron chi connectivity index (χ0n) is 12.3. The molecule has 7 heteroatoms. The molecule has 0 fully saturated rings. The van der Waals surface area contributed by atoms with E-state index in [9.17, 15) is 4.79 Å². The number of halogens is 1. The lowest BCUT2D eigenvalue weighted by Crippen LogP contribution is -2.45. The highest BCUT2D eigenvalue weighted by Gasteiger charge is 2.30. The van der Waals surface area contributed by atoms with E-state index in [0.29, 0.717) is 23.0 Å². The summed E-state index contributed by atoms with van der Waals surface area (Å²) < 4.78 is 11.1. The summed E-state index contributed by atoms with van der Waals surface area (Å²) in [4.78, 5) is 12.4. The van der Waals surface area contributed by atoms with Gasteiger partial charge in [-0.15, -0.1) is 0 Å². The van der Waals surface area contributed by atoms with Crippen LogP contribution in [-0.4, -0.2) is 31.4 Å². The van der Waals surface area contributed by atoms with Gasteiger partial charge in [0.25, 0.3) is 0 Å². The van der Waals surface area contributed by atoms with Crippen molar-refractivity contribution in [2.45, 2.75) is 13.0 Å². The molecular formula is C15H17BrN2O3S. The molecule has 0 amide bonds. The fourth-order valence-corrected chi connectivity index (χ4v) is 2.88. The minimum absolute atomic E-state index is 0.210. The van der Waals surface area contributed by atoms with Crippen LogP contribution in [0.25, 0.3) is 0 Å². The van der Waals surface area contributed by atoms with E-state index in [1.807, 2.05) is 31.2 Å². The van der Waals surface area contributed by atoms with Crippen molar-refractivity contribution in [3.05, 3.63) is 45.6 Å². The summed E-state index contributed by atoms with van der Waals surface area (Å²) in [6.45, 7) is 2.38. The van der Waals surface area contributed by atoms with Gasteiger partial charge in [-0.2, -0.15) is 0 Å². The lowest BCUT2D eigenvalue weighted by atomic mass is 9.96. The van der Waals surface area contributed by atoms with Crippen molar-refractivity contribution in [1.29, 1.82) is 0 Å². The predicted octanol–water partition coefficient (Wildman–Crippen LogP) is 2.43. The molecule has 118 valence electrons. The van der Waals surface area contributed by atoms with Crippen molar-refractivity contribution >= 4 is 39.2 Å². The van der Waals surface area contributed by atoms with Gasteiger partial charge in [0.15, 0.2) is 5.11 Å². The summed E-state index contributed by atoms with van der Waals surface area (Å²) in [7, 11) is 1.56. The zero-order valence-corrected chi connectivity index (χ0v) is 14.7. The third-order valence-electron chi connectivity index (χ3n) is 3.19. The maximum Gasteiger partial charge on any atom is 0.338 e. The number of allylic oxidation sites excluding steroid dienone is 1. The Hall–Kier alpha value is -1.44. The molecule has 1 aromatic carbocycles. The normalized spacial score (nSPS) is 17.8. The quantitative estimate of drug-likeness (QED) is 0.461. The second-order valence-electron chi connectivity index (χ2n) is 4.75. The Morgan fingerprint density at radius 3 is 2.86 bits per heavy atom. The summed E-state index contributed by atoms with van der Waals surface area (Å²) in [5.74, 6) is -0.387. The average Bonchev–Trinajstić information content (AvgIpc) is 2.46. The van der Waals surface area contributed by atoms with Crippen LogP contribution in [0.15, 0.2) is 40.0 Å². The molecule has 1 heterocycles. The first-order valence-corrected chi connectivity index (χ1v) is 7.93. The molecular weight excluding hydrogens is 368 g/mol. The molecule has 22 heavy (non-hydrogen) atoms. The topological polar surface area (TPSA) is 59.6 Å². The molecule has 5 nitrogen and oxygen atoms in total. The van der Waals surface area contributed by atoms with Crippen LogP contribution in [0.5, 0.6) is 0 Å². The number of carbonyl (C=O) groups excluding carboxylic acids is 1. The molecule has 0 aliphatic carbocycles. The molecule has 0 unspecified atom stereocenters. The number of methoxy groups -OCH3 is 1. The molecule has 0 saturated carbocycles. The first-order chi connectivity index (χ1) is 10.5. The zero-order chi connectivity index (χ0) is 16.1. The van der Waals surface area contributed by atoms with E-state index in [1.165, 1.54) is 0 Å². The van der Waals surface area contributed by atoms with Crippen molar-refractivity contribution in [2.75, 3.05) is 20.3 Å². The predicted molar refractivity (Wildman–Crippen MR) is 91.3 cm³/mol. The second kappa shape index (κ2) is 7.71. The van der Waals surface area contributed by atoms with E-state index >= 15 is 0 Å². The highest BCUT2D eigenvalue weighted by atomic mass is 79.9. The first kappa shape index (κ1) is 16.9. The molecule has 1 aromatic rings. The Morgan fingerprint density at radius 1 is 1.41 bits per heavy atom. The number of nitrogens with one attached hydrogen (secondary N) is 2. The fourth-order valence-electron chi connectivity index (χ4n) is 2.20. The third kappa shape index (κ3) is 4.06. The lowest BCUT2D eigenvalue weighted by Gasteiger charge is -2.30. The van der Waals surface area contributed by atoms with E-state index in [-0.39, 0.29) is 18.6 Å². The third-order valence-corrected chi connectivity index (χ3v) is 3.90. The Morgan fingerprint density at radius 2 is 2.18 bits per heavy atom. The van der Waals surface area contributed by atoms with Crippen LogP contribution in [0.1, 0.15) is 18.5 Å². The number of ether oxygens (including phenoxy) is 2. The Labute approximate surface area is 143 Å². The molecule has 0 saturated heterocycles. The molecule has 2 N–H and O–H groups in total. The van der Waals surface area contributed by atoms with Crippen LogP contribution in [0.4, 0.5) is 0 Å².